The maximum absolute atomic E-state index is 16.5. The van der Waals surface area contributed by atoms with E-state index in [-0.39, 0.29) is 43.7 Å². The minimum absolute atomic E-state index is 0.158. The first-order valence-corrected chi connectivity index (χ1v) is 25.1. The largest absolute Gasteiger partial charge is 0.647 e. The van der Waals surface area contributed by atoms with Crippen LogP contribution in [0.15, 0.2) is 48.5 Å². The lowest BCUT2D eigenvalue weighted by molar-refractivity contribution is 0.285. The van der Waals surface area contributed by atoms with Crippen LogP contribution in [0.4, 0.5) is 0 Å². The van der Waals surface area contributed by atoms with E-state index in [0.717, 1.165) is 55.6 Å². The van der Waals surface area contributed by atoms with Crippen LogP contribution >= 0.6 is 7.82 Å². The molecule has 6 heteroatoms. The third kappa shape index (κ3) is 11.1. The van der Waals surface area contributed by atoms with Gasteiger partial charge in [-0.25, -0.2) is 0 Å². The summed E-state index contributed by atoms with van der Waals surface area (Å²) in [5, 5.41) is 12.2. The summed E-state index contributed by atoms with van der Waals surface area (Å²) in [6.45, 7) is 52.7. The Morgan fingerprint density at radius 1 is 0.438 bits per heavy atom. The Bertz CT molecular complexity index is 2370. The number of phenolic OH excluding ortho intramolecular Hbond substituents is 1. The van der Waals surface area contributed by atoms with Crippen LogP contribution in [0.25, 0.3) is 0 Å². The third-order valence-corrected chi connectivity index (χ3v) is 14.0. The molecular formula is C58H85O5P. The van der Waals surface area contributed by atoms with Crippen molar-refractivity contribution in [3.05, 3.63) is 115 Å². The summed E-state index contributed by atoms with van der Waals surface area (Å²) in [7, 11) is -4.61. The second-order valence-electron chi connectivity index (χ2n) is 27.1. The predicted octanol–water partition coefficient (Wildman–Crippen LogP) is 16.9. The van der Waals surface area contributed by atoms with Gasteiger partial charge in [0.25, 0.3) is 0 Å². The van der Waals surface area contributed by atoms with Gasteiger partial charge in [0.05, 0.1) is 0 Å². The van der Waals surface area contributed by atoms with Crippen LogP contribution in [0.2, 0.25) is 0 Å². The van der Waals surface area contributed by atoms with Gasteiger partial charge in [-0.1, -0.05) is 215 Å². The molecule has 1 aliphatic rings. The molecule has 0 fully saturated rings. The van der Waals surface area contributed by atoms with Crippen LogP contribution in [-0.2, 0) is 60.7 Å². The Kier molecular flexibility index (Phi) is 13.0. The first-order chi connectivity index (χ1) is 28.5. The third-order valence-electron chi connectivity index (χ3n) is 12.8. The monoisotopic (exact) mass is 893 g/mol. The van der Waals surface area contributed by atoms with Crippen molar-refractivity contribution in [1.29, 1.82) is 0 Å². The molecule has 64 heavy (non-hydrogen) atoms. The number of phosphoric ester groups is 1. The van der Waals surface area contributed by atoms with E-state index < -0.39 is 13.2 Å². The minimum Gasteiger partial charge on any atom is -0.507 e. The standard InChI is InChI=1S/C58H85O5P/c1-51(2,3)39-27-35(47(59)43(31-39)55(13,14)15)25-36-28-40(52(4,5)6)32-44(56(16,17)18)48(36)61-64(60)62-49-37(29-41(53(7,8)9)33-45(49)57(19,20)21)26-38-30-42(54(10,11)12)34-46(50(38)63-64)58(22,23)24/h27-34,59H,25-26H2,1-24H3. The molecule has 0 unspecified atom stereocenters. The summed E-state index contributed by atoms with van der Waals surface area (Å²) in [6, 6.07) is 17.6. The first kappa shape index (κ1) is 51.3. The van der Waals surface area contributed by atoms with E-state index in [1.54, 1.807) is 0 Å². The van der Waals surface area contributed by atoms with Gasteiger partial charge >= 0.3 is 7.82 Å². The molecule has 1 heterocycles. The van der Waals surface area contributed by atoms with Crippen molar-refractivity contribution in [3.63, 3.8) is 0 Å². The summed E-state index contributed by atoms with van der Waals surface area (Å²) >= 11 is 0. The average molecular weight is 893 g/mol. The zero-order valence-electron chi connectivity index (χ0n) is 44.6. The lowest BCUT2D eigenvalue weighted by Crippen LogP contribution is -2.24. The minimum atomic E-state index is -4.61. The van der Waals surface area contributed by atoms with Gasteiger partial charge in [0.1, 0.15) is 23.0 Å². The smallest absolute Gasteiger partial charge is 0.507 e. The summed E-state index contributed by atoms with van der Waals surface area (Å²) in [4.78, 5) is 0. The topological polar surface area (TPSA) is 65.0 Å². The molecule has 4 aromatic carbocycles. The number of phosphoric acid groups is 1. The van der Waals surface area contributed by atoms with Gasteiger partial charge < -0.3 is 18.7 Å². The highest BCUT2D eigenvalue weighted by atomic mass is 31.2. The van der Waals surface area contributed by atoms with Gasteiger partial charge in [0.15, 0.2) is 0 Å². The van der Waals surface area contributed by atoms with Gasteiger partial charge in [0.2, 0.25) is 0 Å². The van der Waals surface area contributed by atoms with Crippen LogP contribution in [0.1, 0.15) is 233 Å². The van der Waals surface area contributed by atoms with Crippen molar-refractivity contribution in [3.8, 4) is 23.0 Å². The van der Waals surface area contributed by atoms with Crippen molar-refractivity contribution < 1.29 is 23.2 Å². The van der Waals surface area contributed by atoms with Crippen molar-refractivity contribution in [2.24, 2.45) is 0 Å². The highest BCUT2D eigenvalue weighted by Gasteiger charge is 2.44. The highest BCUT2D eigenvalue weighted by Crippen LogP contribution is 2.59. The predicted molar refractivity (Wildman–Crippen MR) is 272 cm³/mol. The average Bonchev–Trinajstić information content (AvgIpc) is 3.06. The fraction of sp³-hybridized carbons (Fsp3) is 0.586. The first-order valence-electron chi connectivity index (χ1n) is 23.6. The molecular weight excluding hydrogens is 808 g/mol. The number of phenols is 1. The van der Waals surface area contributed by atoms with Gasteiger partial charge in [0, 0.05) is 29.5 Å². The maximum Gasteiger partial charge on any atom is 0.647 e. The lowest BCUT2D eigenvalue weighted by Gasteiger charge is -2.35. The molecule has 1 N–H and O–H groups in total. The lowest BCUT2D eigenvalue weighted by atomic mass is 9.76. The normalized spacial score (nSPS) is 15.4. The second-order valence-corrected chi connectivity index (χ2v) is 28.6. The Balaban J connectivity index is 1.94. The molecule has 352 valence electrons. The molecule has 0 aromatic heterocycles. The molecule has 0 spiro atoms. The van der Waals surface area contributed by atoms with E-state index in [0.29, 0.717) is 30.1 Å². The molecule has 0 bridgehead atoms. The van der Waals surface area contributed by atoms with Crippen LogP contribution < -0.4 is 13.6 Å². The van der Waals surface area contributed by atoms with E-state index in [1.165, 1.54) is 11.1 Å². The van der Waals surface area contributed by atoms with Crippen LogP contribution in [0, 0.1) is 0 Å². The summed E-state index contributed by atoms with van der Waals surface area (Å²) in [5.74, 6) is 1.82. The molecule has 1 aliphatic heterocycles. The van der Waals surface area contributed by atoms with Crippen molar-refractivity contribution in [1.82, 2.24) is 0 Å². The van der Waals surface area contributed by atoms with Gasteiger partial charge in [-0.15, -0.1) is 0 Å². The van der Waals surface area contributed by atoms with Crippen LogP contribution in [0.5, 0.6) is 23.0 Å². The number of benzene rings is 4. The van der Waals surface area contributed by atoms with Crippen molar-refractivity contribution in [2.45, 2.75) is 222 Å². The molecule has 0 saturated carbocycles. The molecule has 0 radical (unpaired) electrons. The molecule has 5 nitrogen and oxygen atoms in total. The molecule has 0 saturated heterocycles. The van der Waals surface area contributed by atoms with Crippen LogP contribution in [-0.4, -0.2) is 5.11 Å². The Labute approximate surface area is 390 Å². The Hall–Kier alpha value is -3.69. The summed E-state index contributed by atoms with van der Waals surface area (Å²) < 4.78 is 37.8. The fourth-order valence-electron chi connectivity index (χ4n) is 8.39. The summed E-state index contributed by atoms with van der Waals surface area (Å²) in [6.07, 6.45) is 0.863. The zero-order chi connectivity index (χ0) is 48.9. The number of hydrogen-bond donors (Lipinski definition) is 1. The number of hydrogen-bond acceptors (Lipinski definition) is 5. The Morgan fingerprint density at radius 3 is 1.09 bits per heavy atom. The van der Waals surface area contributed by atoms with E-state index in [1.807, 2.05) is 0 Å². The quantitative estimate of drug-likeness (QED) is 0.207. The highest BCUT2D eigenvalue weighted by molar-refractivity contribution is 7.49. The Morgan fingerprint density at radius 2 is 0.750 bits per heavy atom. The van der Waals surface area contributed by atoms with E-state index in [2.05, 4.69) is 215 Å². The molecule has 0 aliphatic carbocycles. The maximum atomic E-state index is 16.5. The molecule has 4 aromatic rings. The van der Waals surface area contributed by atoms with E-state index in [4.69, 9.17) is 13.6 Å². The van der Waals surface area contributed by atoms with E-state index >= 15 is 4.57 Å². The zero-order valence-corrected chi connectivity index (χ0v) is 45.5. The fourth-order valence-corrected chi connectivity index (χ4v) is 9.82. The van der Waals surface area contributed by atoms with Crippen LogP contribution in [0.3, 0.4) is 0 Å². The molecule has 0 amide bonds. The molecule has 0 atom stereocenters. The molecule has 5 rings (SSSR count). The van der Waals surface area contributed by atoms with E-state index in [9.17, 15) is 5.11 Å². The van der Waals surface area contributed by atoms with Gasteiger partial charge in [-0.05, 0) is 93.4 Å². The second kappa shape index (κ2) is 16.3. The number of rotatable bonds is 4. The van der Waals surface area contributed by atoms with Crippen molar-refractivity contribution in [2.75, 3.05) is 0 Å². The number of aromatic hydroxyl groups is 1. The van der Waals surface area contributed by atoms with Gasteiger partial charge in [-0.3, -0.25) is 0 Å². The number of fused-ring (bicyclic) bond motifs is 2. The summed E-state index contributed by atoms with van der Waals surface area (Å²) in [5.41, 5.74) is 9.56. The SMILES string of the molecule is CC(C)(C)c1cc(Cc2cc(C(C)(C)C)cc(C(C)(C)C)c2OP2(=O)Oc3c(cc(C(C)(C)C)cc3C(C)(C)C)Cc3cc(C(C)(C)C)cc(C(C)(C)C)c3O2)c(O)c(C(C)(C)C)c1. The van der Waals surface area contributed by atoms with Gasteiger partial charge in [-0.2, -0.15) is 4.57 Å². The van der Waals surface area contributed by atoms with Crippen molar-refractivity contribution >= 4 is 7.82 Å².